The maximum Gasteiger partial charge on any atom is 0.0692 e. The van der Waals surface area contributed by atoms with Crippen molar-refractivity contribution in [3.8, 4) is 0 Å². The summed E-state index contributed by atoms with van der Waals surface area (Å²) in [6.45, 7) is 12.8. The fourth-order valence-electron chi connectivity index (χ4n) is 0.368. The van der Waals surface area contributed by atoms with Crippen LogP contribution >= 0.6 is 11.8 Å². The number of hydrogen-bond donors (Lipinski definition) is 1. The summed E-state index contributed by atoms with van der Waals surface area (Å²) >= 11 is 1.46. The smallest absolute Gasteiger partial charge is 0.0692 e. The molecule has 0 aliphatic carbocycles. The monoisotopic (exact) mass is 141 g/mol. The van der Waals surface area contributed by atoms with E-state index in [4.69, 9.17) is 0 Å². The molecule has 0 bridgehead atoms. The van der Waals surface area contributed by atoms with Gasteiger partial charge >= 0.3 is 0 Å². The van der Waals surface area contributed by atoms with Crippen LogP contribution in [0.1, 0.15) is 6.92 Å². The van der Waals surface area contributed by atoms with E-state index in [9.17, 15) is 0 Å². The highest BCUT2D eigenvalue weighted by Crippen LogP contribution is 2.10. The molecule has 0 aromatic rings. The molecule has 0 spiro atoms. The maximum absolute atomic E-state index is 3.70. The SMILES string of the molecule is C=CSC(=C)NC(=C)C. The van der Waals surface area contributed by atoms with Crippen molar-refractivity contribution in [2.24, 2.45) is 0 Å². The first-order chi connectivity index (χ1) is 4.16. The Morgan fingerprint density at radius 2 is 2.11 bits per heavy atom. The Kier molecular flexibility index (Phi) is 3.97. The molecule has 0 saturated heterocycles. The fourth-order valence-corrected chi connectivity index (χ4v) is 0.802. The third-order valence-electron chi connectivity index (χ3n) is 0.578. The number of allylic oxidation sites excluding steroid dienone is 1. The number of thioether (sulfide) groups is 1. The first kappa shape index (κ1) is 8.37. The Hall–Kier alpha value is -0.630. The molecule has 1 nitrogen and oxygen atoms in total. The number of nitrogens with one attached hydrogen (secondary N) is 1. The molecule has 1 N–H and O–H groups in total. The average molecular weight is 141 g/mol. The van der Waals surface area contributed by atoms with Gasteiger partial charge in [-0.15, -0.1) is 0 Å². The number of rotatable bonds is 4. The highest BCUT2D eigenvalue weighted by atomic mass is 32.2. The lowest BCUT2D eigenvalue weighted by Gasteiger charge is -2.03. The molecule has 9 heavy (non-hydrogen) atoms. The van der Waals surface area contributed by atoms with E-state index in [0.29, 0.717) is 0 Å². The van der Waals surface area contributed by atoms with E-state index >= 15 is 0 Å². The van der Waals surface area contributed by atoms with Gasteiger partial charge in [0.15, 0.2) is 0 Å². The van der Waals surface area contributed by atoms with Gasteiger partial charge in [0.25, 0.3) is 0 Å². The van der Waals surface area contributed by atoms with Gasteiger partial charge in [-0.2, -0.15) is 0 Å². The van der Waals surface area contributed by atoms with Crippen LogP contribution in [0.3, 0.4) is 0 Å². The fraction of sp³-hybridized carbons (Fsp3) is 0.143. The summed E-state index contributed by atoms with van der Waals surface area (Å²) in [6.07, 6.45) is 0. The van der Waals surface area contributed by atoms with Crippen LogP contribution in [-0.2, 0) is 0 Å². The average Bonchev–Trinajstić information content (AvgIpc) is 1.63. The van der Waals surface area contributed by atoms with Crippen LogP contribution in [0.5, 0.6) is 0 Å². The predicted molar refractivity (Wildman–Crippen MR) is 44.9 cm³/mol. The normalized spacial score (nSPS) is 8.11. The molecule has 50 valence electrons. The second-order valence-electron chi connectivity index (χ2n) is 1.61. The molecule has 0 saturated carbocycles. The van der Waals surface area contributed by atoms with Crippen LogP contribution < -0.4 is 5.32 Å². The molecule has 0 aliphatic heterocycles. The van der Waals surface area contributed by atoms with Crippen molar-refractivity contribution in [1.82, 2.24) is 5.32 Å². The van der Waals surface area contributed by atoms with Gasteiger partial charge in [0.1, 0.15) is 0 Å². The molecule has 0 rings (SSSR count). The van der Waals surface area contributed by atoms with Crippen molar-refractivity contribution >= 4 is 11.8 Å². The number of hydrogen-bond acceptors (Lipinski definition) is 2. The van der Waals surface area contributed by atoms with Gasteiger partial charge in [-0.3, -0.25) is 0 Å². The van der Waals surface area contributed by atoms with Gasteiger partial charge in [0.2, 0.25) is 0 Å². The van der Waals surface area contributed by atoms with Crippen molar-refractivity contribution in [3.63, 3.8) is 0 Å². The van der Waals surface area contributed by atoms with Gasteiger partial charge in [0, 0.05) is 5.70 Å². The van der Waals surface area contributed by atoms with Gasteiger partial charge in [0.05, 0.1) is 5.03 Å². The molecule has 0 aromatic carbocycles. The van der Waals surface area contributed by atoms with Crippen LogP contribution in [0.15, 0.2) is 35.9 Å². The molecule has 0 amide bonds. The Bertz CT molecular complexity index is 138. The van der Waals surface area contributed by atoms with Crippen LogP contribution in [-0.4, -0.2) is 0 Å². The van der Waals surface area contributed by atoms with E-state index < -0.39 is 0 Å². The second kappa shape index (κ2) is 4.27. The predicted octanol–water partition coefficient (Wildman–Crippen LogP) is 2.46. The van der Waals surface area contributed by atoms with Gasteiger partial charge < -0.3 is 5.32 Å². The van der Waals surface area contributed by atoms with E-state index in [1.54, 1.807) is 5.41 Å². The lowest BCUT2D eigenvalue weighted by molar-refractivity contribution is 1.06. The van der Waals surface area contributed by atoms with Crippen LogP contribution in [0, 0.1) is 0 Å². The minimum absolute atomic E-state index is 0.859. The summed E-state index contributed by atoms with van der Waals surface area (Å²) in [7, 11) is 0. The zero-order valence-corrected chi connectivity index (χ0v) is 6.42. The molecule has 0 fully saturated rings. The molecular weight excluding hydrogens is 130 g/mol. The second-order valence-corrected chi connectivity index (χ2v) is 2.67. The van der Waals surface area contributed by atoms with Gasteiger partial charge in [-0.25, -0.2) is 0 Å². The van der Waals surface area contributed by atoms with E-state index in [1.807, 2.05) is 6.92 Å². The Labute approximate surface area is 60.5 Å². The van der Waals surface area contributed by atoms with Gasteiger partial charge in [-0.1, -0.05) is 31.5 Å². The summed E-state index contributed by atoms with van der Waals surface area (Å²) in [6, 6.07) is 0. The van der Waals surface area contributed by atoms with E-state index in [-0.39, 0.29) is 0 Å². The Balaban J connectivity index is 3.50. The van der Waals surface area contributed by atoms with E-state index in [1.165, 1.54) is 11.8 Å². The lowest BCUT2D eigenvalue weighted by atomic mass is 10.6. The van der Waals surface area contributed by atoms with Crippen molar-refractivity contribution in [3.05, 3.63) is 35.9 Å². The molecular formula is C7H11NS. The third-order valence-corrected chi connectivity index (χ3v) is 1.13. The van der Waals surface area contributed by atoms with Crippen molar-refractivity contribution in [1.29, 1.82) is 0 Å². The van der Waals surface area contributed by atoms with E-state index in [0.717, 1.165) is 10.7 Å². The zero-order valence-electron chi connectivity index (χ0n) is 5.61. The molecule has 0 aromatic heterocycles. The molecule has 0 atom stereocenters. The molecule has 0 aliphatic rings. The van der Waals surface area contributed by atoms with E-state index in [2.05, 4.69) is 25.1 Å². The summed E-state index contributed by atoms with van der Waals surface area (Å²) < 4.78 is 0. The molecule has 0 heterocycles. The van der Waals surface area contributed by atoms with Crippen molar-refractivity contribution < 1.29 is 0 Å². The molecule has 0 unspecified atom stereocenters. The Morgan fingerprint density at radius 1 is 1.56 bits per heavy atom. The van der Waals surface area contributed by atoms with Crippen LogP contribution in [0.4, 0.5) is 0 Å². The first-order valence-electron chi connectivity index (χ1n) is 2.56. The quantitative estimate of drug-likeness (QED) is 0.645. The third kappa shape index (κ3) is 5.24. The first-order valence-corrected chi connectivity index (χ1v) is 3.43. The summed E-state index contributed by atoms with van der Waals surface area (Å²) in [4.78, 5) is 0. The largest absolute Gasteiger partial charge is 0.355 e. The molecule has 2 heteroatoms. The minimum atomic E-state index is 0.859. The zero-order chi connectivity index (χ0) is 7.28. The lowest BCUT2D eigenvalue weighted by Crippen LogP contribution is -2.04. The van der Waals surface area contributed by atoms with Crippen LogP contribution in [0.25, 0.3) is 0 Å². The highest BCUT2D eigenvalue weighted by molar-refractivity contribution is 8.05. The highest BCUT2D eigenvalue weighted by Gasteiger charge is 1.87. The topological polar surface area (TPSA) is 12.0 Å². The van der Waals surface area contributed by atoms with Crippen LogP contribution in [0.2, 0.25) is 0 Å². The van der Waals surface area contributed by atoms with Crippen molar-refractivity contribution in [2.45, 2.75) is 6.92 Å². The Morgan fingerprint density at radius 3 is 2.44 bits per heavy atom. The molecule has 0 radical (unpaired) electrons. The summed E-state index contributed by atoms with van der Waals surface area (Å²) in [5.74, 6) is 0. The maximum atomic E-state index is 3.70. The van der Waals surface area contributed by atoms with Crippen molar-refractivity contribution in [2.75, 3.05) is 0 Å². The summed E-state index contributed by atoms with van der Waals surface area (Å²) in [5, 5.41) is 5.53. The minimum Gasteiger partial charge on any atom is -0.355 e. The standard InChI is InChI=1S/C7H11NS/c1-5-9-7(4)8-6(2)3/h5,8H,1-2,4H2,3H3. The summed E-state index contributed by atoms with van der Waals surface area (Å²) in [5.41, 5.74) is 0.898. The van der Waals surface area contributed by atoms with Gasteiger partial charge in [-0.05, 0) is 12.3 Å².